The van der Waals surface area contributed by atoms with Crippen LogP contribution in [0.5, 0.6) is 0 Å². The number of rotatable bonds is 0. The third-order valence-electron chi connectivity index (χ3n) is 6.73. The SMILES string of the molecule is ClC1CCCC2N=C3OC4CCCC5CCCC(C54)N3C12. The Balaban J connectivity index is 1.52. The lowest BCUT2D eigenvalue weighted by Crippen LogP contribution is -2.63. The minimum atomic E-state index is 0.258. The molecule has 7 unspecified atom stereocenters. The van der Waals surface area contributed by atoms with Gasteiger partial charge in [-0.25, -0.2) is 4.99 Å². The maximum atomic E-state index is 6.72. The molecule has 0 radical (unpaired) electrons. The Morgan fingerprint density at radius 3 is 2.71 bits per heavy atom. The van der Waals surface area contributed by atoms with E-state index in [-0.39, 0.29) is 5.38 Å². The van der Waals surface area contributed by atoms with Gasteiger partial charge in [0.2, 0.25) is 0 Å². The van der Waals surface area contributed by atoms with Crippen molar-refractivity contribution in [1.29, 1.82) is 0 Å². The summed E-state index contributed by atoms with van der Waals surface area (Å²) < 4.78 is 6.41. The van der Waals surface area contributed by atoms with Crippen LogP contribution in [0.15, 0.2) is 4.99 Å². The van der Waals surface area contributed by atoms with Crippen LogP contribution in [0.3, 0.4) is 0 Å². The fraction of sp³-hybridized carbons (Fsp3) is 0.941. The van der Waals surface area contributed by atoms with E-state index in [1.165, 1.54) is 51.4 Å². The maximum absolute atomic E-state index is 6.72. The number of halogens is 1. The van der Waals surface area contributed by atoms with Crippen molar-refractivity contribution < 1.29 is 4.74 Å². The molecule has 0 N–H and O–H groups in total. The van der Waals surface area contributed by atoms with Gasteiger partial charge in [0.05, 0.1) is 17.5 Å². The van der Waals surface area contributed by atoms with E-state index in [0.717, 1.165) is 24.3 Å². The molecule has 0 spiro atoms. The van der Waals surface area contributed by atoms with E-state index in [4.69, 9.17) is 21.3 Å². The first-order valence-corrected chi connectivity index (χ1v) is 9.43. The molecule has 21 heavy (non-hydrogen) atoms. The molecule has 0 amide bonds. The molecule has 0 aromatic heterocycles. The van der Waals surface area contributed by atoms with Gasteiger partial charge in [0, 0.05) is 12.0 Å². The quantitative estimate of drug-likeness (QED) is 0.639. The molecule has 2 aliphatic heterocycles. The van der Waals surface area contributed by atoms with Crippen LogP contribution >= 0.6 is 11.6 Å². The summed E-state index contributed by atoms with van der Waals surface area (Å²) in [7, 11) is 0. The van der Waals surface area contributed by atoms with Crippen LogP contribution < -0.4 is 0 Å². The zero-order valence-corrected chi connectivity index (χ0v) is 13.3. The summed E-state index contributed by atoms with van der Waals surface area (Å²) >= 11 is 6.72. The third kappa shape index (κ3) is 1.82. The minimum absolute atomic E-state index is 0.258. The van der Waals surface area contributed by atoms with Gasteiger partial charge in [-0.05, 0) is 57.3 Å². The molecular weight excluding hydrogens is 284 g/mol. The Bertz CT molecular complexity index is 466. The first-order chi connectivity index (χ1) is 10.3. The smallest absolute Gasteiger partial charge is 0.288 e. The normalized spacial score (nSPS) is 51.4. The van der Waals surface area contributed by atoms with E-state index >= 15 is 0 Å². The summed E-state index contributed by atoms with van der Waals surface area (Å²) in [5.74, 6) is 1.64. The minimum Gasteiger partial charge on any atom is -0.461 e. The highest BCUT2D eigenvalue weighted by Crippen LogP contribution is 2.50. The Labute approximate surface area is 132 Å². The lowest BCUT2D eigenvalue weighted by molar-refractivity contribution is -0.0786. The molecule has 0 aromatic carbocycles. The van der Waals surface area contributed by atoms with Crippen molar-refractivity contribution in [1.82, 2.24) is 4.90 Å². The van der Waals surface area contributed by atoms with Crippen LogP contribution in [0.4, 0.5) is 0 Å². The molecule has 3 aliphatic carbocycles. The molecule has 3 saturated carbocycles. The number of alkyl halides is 1. The van der Waals surface area contributed by atoms with E-state index in [1.54, 1.807) is 0 Å². The second-order valence-corrected chi connectivity index (χ2v) is 8.31. The van der Waals surface area contributed by atoms with Gasteiger partial charge < -0.3 is 9.64 Å². The van der Waals surface area contributed by atoms with E-state index in [1.807, 2.05) is 0 Å². The average Bonchev–Trinajstić information content (AvgIpc) is 2.87. The number of nitrogens with zero attached hydrogens (tertiary/aromatic N) is 2. The van der Waals surface area contributed by atoms with E-state index in [9.17, 15) is 0 Å². The summed E-state index contributed by atoms with van der Waals surface area (Å²) in [5, 5.41) is 0.258. The highest BCUT2D eigenvalue weighted by molar-refractivity contribution is 6.21. The molecule has 5 rings (SSSR count). The largest absolute Gasteiger partial charge is 0.461 e. The highest BCUT2D eigenvalue weighted by Gasteiger charge is 2.55. The van der Waals surface area contributed by atoms with Crippen LogP contribution in [0.2, 0.25) is 0 Å². The number of ether oxygens (including phenoxy) is 1. The van der Waals surface area contributed by atoms with Gasteiger partial charge in [-0.1, -0.05) is 6.42 Å². The summed E-state index contributed by atoms with van der Waals surface area (Å²) in [6.45, 7) is 0. The zero-order valence-electron chi connectivity index (χ0n) is 12.6. The Hall–Kier alpha value is -0.440. The first-order valence-electron chi connectivity index (χ1n) is 9.00. The second kappa shape index (κ2) is 4.78. The van der Waals surface area contributed by atoms with Gasteiger partial charge in [-0.3, -0.25) is 0 Å². The van der Waals surface area contributed by atoms with Crippen molar-refractivity contribution in [2.75, 3.05) is 0 Å². The first kappa shape index (κ1) is 13.0. The maximum Gasteiger partial charge on any atom is 0.288 e. The van der Waals surface area contributed by atoms with Gasteiger partial charge >= 0.3 is 0 Å². The van der Waals surface area contributed by atoms with E-state index < -0.39 is 0 Å². The Morgan fingerprint density at radius 1 is 1.00 bits per heavy atom. The van der Waals surface area contributed by atoms with Gasteiger partial charge in [-0.15, -0.1) is 11.6 Å². The zero-order chi connectivity index (χ0) is 14.0. The van der Waals surface area contributed by atoms with Gasteiger partial charge in [-0.2, -0.15) is 0 Å². The lowest BCUT2D eigenvalue weighted by Gasteiger charge is -2.55. The lowest BCUT2D eigenvalue weighted by atomic mass is 9.65. The summed E-state index contributed by atoms with van der Waals surface area (Å²) in [6.07, 6.45) is 12.1. The molecule has 1 saturated heterocycles. The van der Waals surface area contributed by atoms with Crippen LogP contribution in [-0.2, 0) is 4.74 Å². The molecule has 2 heterocycles. The number of amidine groups is 1. The topological polar surface area (TPSA) is 24.8 Å². The van der Waals surface area contributed by atoms with Crippen molar-refractivity contribution in [2.24, 2.45) is 16.8 Å². The van der Waals surface area contributed by atoms with Crippen LogP contribution in [0.25, 0.3) is 0 Å². The van der Waals surface area contributed by atoms with E-state index in [0.29, 0.717) is 24.2 Å². The average molecular weight is 309 g/mol. The standard InChI is InChI=1S/C17H25ClN2O/c18-11-6-3-7-12-16(11)20-13-8-1-4-10-5-2-9-14(15(10)13)21-17(20)19-12/h10-16H,1-9H2. The molecule has 116 valence electrons. The third-order valence-corrected chi connectivity index (χ3v) is 7.21. The molecule has 4 heteroatoms. The monoisotopic (exact) mass is 308 g/mol. The van der Waals surface area contributed by atoms with Crippen LogP contribution in [0.1, 0.15) is 57.8 Å². The fourth-order valence-electron chi connectivity index (χ4n) is 5.94. The van der Waals surface area contributed by atoms with Gasteiger partial charge in [0.1, 0.15) is 6.10 Å². The molecule has 3 nitrogen and oxygen atoms in total. The molecule has 5 aliphatic rings. The second-order valence-electron chi connectivity index (χ2n) is 7.75. The van der Waals surface area contributed by atoms with Crippen molar-refractivity contribution in [3.05, 3.63) is 0 Å². The number of hydrogen-bond acceptors (Lipinski definition) is 3. The Kier molecular flexibility index (Phi) is 2.97. The summed E-state index contributed by atoms with van der Waals surface area (Å²) in [5.41, 5.74) is 0. The van der Waals surface area contributed by atoms with Crippen molar-refractivity contribution in [3.8, 4) is 0 Å². The molecule has 0 aromatic rings. The number of fused-ring (bicyclic) bond motifs is 4. The van der Waals surface area contributed by atoms with Gasteiger partial charge in [0.15, 0.2) is 0 Å². The predicted molar refractivity (Wildman–Crippen MR) is 83.7 cm³/mol. The van der Waals surface area contributed by atoms with E-state index in [2.05, 4.69) is 4.90 Å². The summed E-state index contributed by atoms with van der Waals surface area (Å²) in [6, 6.07) is 2.45. The predicted octanol–water partition coefficient (Wildman–Crippen LogP) is 3.55. The summed E-state index contributed by atoms with van der Waals surface area (Å²) in [4.78, 5) is 7.51. The molecule has 4 fully saturated rings. The number of aliphatic imine (C=N–C) groups is 1. The Morgan fingerprint density at radius 2 is 1.81 bits per heavy atom. The molecule has 7 atom stereocenters. The molecule has 0 bridgehead atoms. The van der Waals surface area contributed by atoms with Crippen LogP contribution in [0, 0.1) is 11.8 Å². The number of hydrogen-bond donors (Lipinski definition) is 0. The van der Waals surface area contributed by atoms with Crippen molar-refractivity contribution >= 4 is 17.6 Å². The highest BCUT2D eigenvalue weighted by atomic mass is 35.5. The molecular formula is C17H25ClN2O. The van der Waals surface area contributed by atoms with Crippen molar-refractivity contribution in [2.45, 2.75) is 87.4 Å². The fourth-order valence-corrected chi connectivity index (χ4v) is 6.39. The van der Waals surface area contributed by atoms with Crippen LogP contribution in [-0.4, -0.2) is 40.5 Å². The van der Waals surface area contributed by atoms with Crippen molar-refractivity contribution in [3.63, 3.8) is 0 Å². The van der Waals surface area contributed by atoms with Gasteiger partial charge in [0.25, 0.3) is 6.02 Å².